The highest BCUT2D eigenvalue weighted by Gasteiger charge is 2.39. The van der Waals surface area contributed by atoms with Gasteiger partial charge in [-0.1, -0.05) is 0 Å². The third-order valence-electron chi connectivity index (χ3n) is 5.30. The maximum absolute atomic E-state index is 12.8. The summed E-state index contributed by atoms with van der Waals surface area (Å²) in [5.74, 6) is -3.48. The Morgan fingerprint density at radius 2 is 1.94 bits per heavy atom. The van der Waals surface area contributed by atoms with E-state index in [4.69, 9.17) is 5.73 Å². The van der Waals surface area contributed by atoms with Crippen molar-refractivity contribution in [2.24, 2.45) is 5.73 Å². The number of hydrogen-bond donors (Lipinski definition) is 7. The number of imidazole rings is 1. The molecule has 13 heteroatoms. The van der Waals surface area contributed by atoms with E-state index in [2.05, 4.69) is 20.6 Å². The van der Waals surface area contributed by atoms with Crippen molar-refractivity contribution in [3.05, 3.63) is 18.2 Å². The van der Waals surface area contributed by atoms with Gasteiger partial charge in [0.1, 0.15) is 24.2 Å². The molecule has 0 saturated carbocycles. The van der Waals surface area contributed by atoms with Crippen LogP contribution in [0.2, 0.25) is 0 Å². The first-order chi connectivity index (χ1) is 15.0. The highest BCUT2D eigenvalue weighted by atomic mass is 16.4. The summed E-state index contributed by atoms with van der Waals surface area (Å²) >= 11 is 0. The summed E-state index contributed by atoms with van der Waals surface area (Å²) in [6.07, 6.45) is 1.09. The van der Waals surface area contributed by atoms with Gasteiger partial charge in [0.2, 0.25) is 17.7 Å². The van der Waals surface area contributed by atoms with E-state index >= 15 is 0 Å². The van der Waals surface area contributed by atoms with Crippen molar-refractivity contribution in [2.75, 3.05) is 6.54 Å². The lowest BCUT2D eigenvalue weighted by Crippen LogP contribution is -2.60. The Balaban J connectivity index is 2.07. The first-order valence-corrected chi connectivity index (χ1v) is 10.3. The average molecular weight is 454 g/mol. The van der Waals surface area contributed by atoms with Gasteiger partial charge >= 0.3 is 5.97 Å². The van der Waals surface area contributed by atoms with E-state index < -0.39 is 60.1 Å². The number of carboxylic acid groups (broad SMARTS) is 1. The minimum Gasteiger partial charge on any atom is -0.480 e. The zero-order chi connectivity index (χ0) is 24.0. The fourth-order valence-electron chi connectivity index (χ4n) is 3.43. The second kappa shape index (κ2) is 11.0. The second-order valence-corrected chi connectivity index (χ2v) is 7.86. The number of aliphatic hydroxyl groups is 2. The molecule has 6 unspecified atom stereocenters. The molecular formula is C19H30N6O7. The summed E-state index contributed by atoms with van der Waals surface area (Å²) in [5.41, 5.74) is 6.18. The molecule has 0 aromatic carbocycles. The van der Waals surface area contributed by atoms with Gasteiger partial charge in [0.05, 0.1) is 18.5 Å². The third-order valence-corrected chi connectivity index (χ3v) is 5.30. The standard InChI is InChI=1S/C19H30N6O7/c1-9(26)14(20)18(30)25-5-3-4-13(25)16(28)24-15(10(2)27)17(29)23-12(19(31)32)6-11-7-21-8-22-11/h7-10,12-15,26-27H,3-6,20H2,1-2H3,(H,21,22)(H,23,29)(H,24,28)(H,31,32). The topological polar surface area (TPSA) is 211 Å². The largest absolute Gasteiger partial charge is 0.480 e. The van der Waals surface area contributed by atoms with Crippen LogP contribution in [0.4, 0.5) is 0 Å². The van der Waals surface area contributed by atoms with E-state index in [-0.39, 0.29) is 13.0 Å². The minimum atomic E-state index is -1.45. The number of amides is 3. The molecule has 0 radical (unpaired) electrons. The average Bonchev–Trinajstić information content (AvgIpc) is 3.41. The predicted molar refractivity (Wildman–Crippen MR) is 110 cm³/mol. The Bertz CT molecular complexity index is 813. The van der Waals surface area contributed by atoms with Crippen LogP contribution >= 0.6 is 0 Å². The van der Waals surface area contributed by atoms with E-state index in [1.54, 1.807) is 0 Å². The van der Waals surface area contributed by atoms with Gasteiger partial charge in [-0.05, 0) is 26.7 Å². The van der Waals surface area contributed by atoms with Crippen LogP contribution in [0.25, 0.3) is 0 Å². The van der Waals surface area contributed by atoms with Crippen LogP contribution in [0.3, 0.4) is 0 Å². The van der Waals surface area contributed by atoms with E-state index in [9.17, 15) is 34.5 Å². The molecule has 1 aliphatic heterocycles. The molecule has 1 aromatic rings. The Hall–Kier alpha value is -3.03. The number of nitrogens with two attached hydrogens (primary N) is 1. The summed E-state index contributed by atoms with van der Waals surface area (Å²) in [7, 11) is 0. The first kappa shape index (κ1) is 25.2. The number of aromatic amines is 1. The van der Waals surface area contributed by atoms with Crippen LogP contribution < -0.4 is 16.4 Å². The number of nitrogens with one attached hydrogen (secondary N) is 3. The van der Waals surface area contributed by atoms with Gasteiger partial charge in [0.25, 0.3) is 0 Å². The molecule has 1 fully saturated rings. The number of aliphatic carboxylic acids is 1. The van der Waals surface area contributed by atoms with Gasteiger partial charge < -0.3 is 41.6 Å². The Kier molecular flexibility index (Phi) is 8.69. The van der Waals surface area contributed by atoms with Crippen LogP contribution in [0, 0.1) is 0 Å². The molecule has 3 amide bonds. The van der Waals surface area contributed by atoms with Gasteiger partial charge in [-0.15, -0.1) is 0 Å². The molecule has 1 saturated heterocycles. The molecule has 1 aromatic heterocycles. The van der Waals surface area contributed by atoms with E-state index in [0.29, 0.717) is 18.5 Å². The number of nitrogens with zero attached hydrogens (tertiary/aromatic N) is 2. The van der Waals surface area contributed by atoms with E-state index in [1.807, 2.05) is 0 Å². The predicted octanol–water partition coefficient (Wildman–Crippen LogP) is -2.91. The van der Waals surface area contributed by atoms with Crippen molar-refractivity contribution in [3.63, 3.8) is 0 Å². The van der Waals surface area contributed by atoms with Gasteiger partial charge in [0, 0.05) is 24.9 Å². The van der Waals surface area contributed by atoms with Gasteiger partial charge in [-0.3, -0.25) is 14.4 Å². The molecule has 1 aliphatic rings. The number of rotatable bonds is 10. The Morgan fingerprint density at radius 3 is 2.47 bits per heavy atom. The molecule has 178 valence electrons. The normalized spacial score (nSPS) is 20.7. The summed E-state index contributed by atoms with van der Waals surface area (Å²) < 4.78 is 0. The lowest BCUT2D eigenvalue weighted by atomic mass is 10.1. The molecule has 0 bridgehead atoms. The second-order valence-electron chi connectivity index (χ2n) is 7.86. The minimum absolute atomic E-state index is 0.0797. The fraction of sp³-hybridized carbons (Fsp3) is 0.632. The number of carboxylic acids is 1. The third kappa shape index (κ3) is 6.24. The number of hydrogen-bond acceptors (Lipinski definition) is 8. The van der Waals surface area contributed by atoms with E-state index in [0.717, 1.165) is 0 Å². The lowest BCUT2D eigenvalue weighted by Gasteiger charge is -2.30. The SMILES string of the molecule is CC(O)C(N)C(=O)N1CCCC1C(=O)NC(C(=O)NC(Cc1cnc[nH]1)C(=O)O)C(C)O. The van der Waals surface area contributed by atoms with Crippen LogP contribution in [0.5, 0.6) is 0 Å². The fourth-order valence-corrected chi connectivity index (χ4v) is 3.43. The number of carbonyl (C=O) groups excluding carboxylic acids is 3. The number of H-pyrrole nitrogens is 1. The van der Waals surface area contributed by atoms with E-state index in [1.165, 1.54) is 31.3 Å². The monoisotopic (exact) mass is 454 g/mol. The highest BCUT2D eigenvalue weighted by molar-refractivity contribution is 5.94. The van der Waals surface area contributed by atoms with Crippen LogP contribution in [-0.4, -0.2) is 96.8 Å². The summed E-state index contributed by atoms with van der Waals surface area (Å²) in [6, 6.07) is -4.90. The first-order valence-electron chi connectivity index (χ1n) is 10.3. The van der Waals surface area contributed by atoms with Crippen molar-refractivity contribution < 1.29 is 34.5 Å². The number of aromatic nitrogens is 2. The molecule has 6 atom stereocenters. The van der Waals surface area contributed by atoms with Crippen molar-refractivity contribution >= 4 is 23.7 Å². The molecular weight excluding hydrogens is 424 g/mol. The zero-order valence-corrected chi connectivity index (χ0v) is 17.9. The zero-order valence-electron chi connectivity index (χ0n) is 17.9. The number of carbonyl (C=O) groups is 4. The molecule has 0 aliphatic carbocycles. The maximum atomic E-state index is 12.8. The number of likely N-dealkylation sites (tertiary alicyclic amines) is 1. The molecule has 0 spiro atoms. The van der Waals surface area contributed by atoms with Gasteiger partial charge in [0.15, 0.2) is 0 Å². The smallest absolute Gasteiger partial charge is 0.326 e. The van der Waals surface area contributed by atoms with Crippen molar-refractivity contribution in [1.29, 1.82) is 0 Å². The van der Waals surface area contributed by atoms with Gasteiger partial charge in [-0.2, -0.15) is 0 Å². The van der Waals surface area contributed by atoms with Crippen LogP contribution in [-0.2, 0) is 25.6 Å². The molecule has 13 nitrogen and oxygen atoms in total. The summed E-state index contributed by atoms with van der Waals surface area (Å²) in [5, 5.41) is 33.7. The molecule has 32 heavy (non-hydrogen) atoms. The molecule has 2 heterocycles. The Labute approximate surface area is 184 Å². The van der Waals surface area contributed by atoms with Crippen molar-refractivity contribution in [3.8, 4) is 0 Å². The van der Waals surface area contributed by atoms with Crippen molar-refractivity contribution in [1.82, 2.24) is 25.5 Å². The molecule has 2 rings (SSSR count). The van der Waals surface area contributed by atoms with Crippen LogP contribution in [0.1, 0.15) is 32.4 Å². The van der Waals surface area contributed by atoms with Crippen molar-refractivity contribution in [2.45, 2.75) is 69.5 Å². The quantitative estimate of drug-likeness (QED) is 0.193. The lowest BCUT2D eigenvalue weighted by molar-refractivity contribution is -0.144. The summed E-state index contributed by atoms with van der Waals surface area (Å²) in [6.45, 7) is 2.90. The van der Waals surface area contributed by atoms with Crippen LogP contribution in [0.15, 0.2) is 12.5 Å². The highest BCUT2D eigenvalue weighted by Crippen LogP contribution is 2.19. The number of aliphatic hydroxyl groups excluding tert-OH is 2. The van der Waals surface area contributed by atoms with Gasteiger partial charge in [-0.25, -0.2) is 9.78 Å². The molecule has 8 N–H and O–H groups in total. The summed E-state index contributed by atoms with van der Waals surface area (Å²) in [4.78, 5) is 57.3. The Morgan fingerprint density at radius 1 is 1.25 bits per heavy atom. The maximum Gasteiger partial charge on any atom is 0.326 e.